The molecule has 1 amide bonds. The summed E-state index contributed by atoms with van der Waals surface area (Å²) in [6.07, 6.45) is -0.841. The van der Waals surface area contributed by atoms with E-state index in [4.69, 9.17) is 13.9 Å². The highest BCUT2D eigenvalue weighted by molar-refractivity contribution is 6.05. The van der Waals surface area contributed by atoms with E-state index < -0.39 is 12.1 Å². The number of aryl methyl sites for hydroxylation is 1. The van der Waals surface area contributed by atoms with Crippen molar-refractivity contribution in [3.63, 3.8) is 0 Å². The molecule has 0 saturated heterocycles. The fourth-order valence-electron chi connectivity index (χ4n) is 3.45. The van der Waals surface area contributed by atoms with Crippen molar-refractivity contribution in [2.75, 3.05) is 4.90 Å². The van der Waals surface area contributed by atoms with Crippen molar-refractivity contribution in [2.45, 2.75) is 26.9 Å². The second-order valence-electron chi connectivity index (χ2n) is 7.52. The van der Waals surface area contributed by atoms with Gasteiger partial charge in [0.05, 0.1) is 17.5 Å². The van der Waals surface area contributed by atoms with Gasteiger partial charge in [-0.15, -0.1) is 0 Å². The summed E-state index contributed by atoms with van der Waals surface area (Å²) in [5, 5.41) is 0.532. The lowest BCUT2D eigenvalue weighted by Gasteiger charge is -2.22. The van der Waals surface area contributed by atoms with E-state index in [-0.39, 0.29) is 6.10 Å². The molecule has 1 aromatic heterocycles. The third kappa shape index (κ3) is 4.34. The fourth-order valence-corrected chi connectivity index (χ4v) is 3.45. The van der Waals surface area contributed by atoms with Crippen LogP contribution in [0.25, 0.3) is 11.0 Å². The van der Waals surface area contributed by atoms with Gasteiger partial charge in [-0.2, -0.15) is 0 Å². The minimum Gasteiger partial charge on any atom is -0.460 e. The zero-order valence-electron chi connectivity index (χ0n) is 18.1. The average molecular weight is 429 g/mol. The van der Waals surface area contributed by atoms with Crippen molar-refractivity contribution in [1.29, 1.82) is 0 Å². The molecule has 32 heavy (non-hydrogen) atoms. The van der Waals surface area contributed by atoms with Crippen LogP contribution in [0.4, 0.5) is 16.2 Å². The van der Waals surface area contributed by atoms with Crippen LogP contribution < -0.4 is 9.64 Å². The molecule has 6 nitrogen and oxygen atoms in total. The molecule has 1 heterocycles. The summed E-state index contributed by atoms with van der Waals surface area (Å²) < 4.78 is 16.8. The van der Waals surface area contributed by atoms with Crippen LogP contribution in [0, 0.1) is 6.92 Å². The highest BCUT2D eigenvalue weighted by atomic mass is 16.6. The zero-order chi connectivity index (χ0) is 22.7. The SMILES string of the molecule is Cc1oc2ccc(OC(=O)N(c3ccccc3)c3ccccc3)cc2c1C(=O)OC(C)C. The molecule has 162 valence electrons. The standard InChI is InChI=1S/C26H23NO5/c1-17(2)30-25(28)24-18(3)31-23-15-14-21(16-22(23)24)32-26(29)27(19-10-6-4-7-11-19)20-12-8-5-9-13-20/h4-17H,1-3H3. The number of anilines is 2. The van der Waals surface area contributed by atoms with E-state index in [0.717, 1.165) is 0 Å². The Balaban J connectivity index is 1.68. The van der Waals surface area contributed by atoms with Gasteiger partial charge in [0.2, 0.25) is 0 Å². The summed E-state index contributed by atoms with van der Waals surface area (Å²) in [6.45, 7) is 5.27. The molecule has 0 spiro atoms. The normalized spacial score (nSPS) is 10.9. The first-order chi connectivity index (χ1) is 15.4. The molecular formula is C26H23NO5. The third-order valence-electron chi connectivity index (χ3n) is 4.80. The molecule has 0 N–H and O–H groups in total. The number of carbonyl (C=O) groups is 2. The number of esters is 1. The maximum atomic E-state index is 13.2. The number of hydrogen-bond acceptors (Lipinski definition) is 5. The van der Waals surface area contributed by atoms with Crippen LogP contribution in [0.5, 0.6) is 5.75 Å². The number of ether oxygens (including phenoxy) is 2. The Bertz CT molecular complexity index is 1210. The number of furan rings is 1. The third-order valence-corrected chi connectivity index (χ3v) is 4.80. The smallest absolute Gasteiger partial charge is 0.424 e. The number of amides is 1. The quantitative estimate of drug-likeness (QED) is 0.333. The number of rotatable bonds is 5. The number of hydrogen-bond donors (Lipinski definition) is 0. The van der Waals surface area contributed by atoms with Crippen molar-refractivity contribution in [3.8, 4) is 5.75 Å². The van der Waals surface area contributed by atoms with Crippen molar-refractivity contribution in [1.82, 2.24) is 0 Å². The summed E-state index contributed by atoms with van der Waals surface area (Å²) in [4.78, 5) is 27.3. The summed E-state index contributed by atoms with van der Waals surface area (Å²) in [6, 6.07) is 23.4. The van der Waals surface area contributed by atoms with Gasteiger partial charge >= 0.3 is 12.1 Å². The number of benzene rings is 3. The minimum absolute atomic E-state index is 0.266. The molecule has 0 aliphatic carbocycles. The first kappa shape index (κ1) is 21.2. The average Bonchev–Trinajstić information content (AvgIpc) is 3.10. The predicted molar refractivity (Wildman–Crippen MR) is 123 cm³/mol. The molecule has 0 aliphatic rings. The van der Waals surface area contributed by atoms with Gasteiger partial charge in [-0.25, -0.2) is 14.5 Å². The number of carbonyl (C=O) groups excluding carboxylic acids is 2. The molecule has 0 saturated carbocycles. The van der Waals surface area contributed by atoms with Crippen LogP contribution in [0.2, 0.25) is 0 Å². The van der Waals surface area contributed by atoms with E-state index in [1.165, 1.54) is 4.90 Å². The van der Waals surface area contributed by atoms with Gasteiger partial charge in [-0.3, -0.25) is 0 Å². The largest absolute Gasteiger partial charge is 0.460 e. The molecular weight excluding hydrogens is 406 g/mol. The first-order valence-electron chi connectivity index (χ1n) is 10.3. The summed E-state index contributed by atoms with van der Waals surface area (Å²) in [5.74, 6) is 0.262. The van der Waals surface area contributed by atoms with Gasteiger partial charge in [0, 0.05) is 5.39 Å². The Morgan fingerprint density at radius 2 is 1.47 bits per heavy atom. The van der Waals surface area contributed by atoms with Gasteiger partial charge in [0.15, 0.2) is 0 Å². The van der Waals surface area contributed by atoms with Gasteiger partial charge in [0.25, 0.3) is 0 Å². The Kier molecular flexibility index (Phi) is 5.94. The topological polar surface area (TPSA) is 69.0 Å². The number of nitrogens with zero attached hydrogens (tertiary/aromatic N) is 1. The highest BCUT2D eigenvalue weighted by Gasteiger charge is 2.23. The number of para-hydroxylation sites is 2. The molecule has 4 aromatic rings. The van der Waals surface area contributed by atoms with Crippen molar-refractivity contribution in [2.24, 2.45) is 0 Å². The summed E-state index contributed by atoms with van der Waals surface area (Å²) >= 11 is 0. The molecule has 0 radical (unpaired) electrons. The minimum atomic E-state index is -0.576. The van der Waals surface area contributed by atoms with Crippen molar-refractivity contribution in [3.05, 3.63) is 90.2 Å². The van der Waals surface area contributed by atoms with Crippen molar-refractivity contribution < 1.29 is 23.5 Å². The van der Waals surface area contributed by atoms with E-state index in [2.05, 4.69) is 0 Å². The molecule has 0 aliphatic heterocycles. The van der Waals surface area contributed by atoms with Crippen LogP contribution in [-0.2, 0) is 4.74 Å². The Morgan fingerprint density at radius 1 is 0.875 bits per heavy atom. The number of fused-ring (bicyclic) bond motifs is 1. The zero-order valence-corrected chi connectivity index (χ0v) is 18.1. The van der Waals surface area contributed by atoms with Gasteiger partial charge in [0.1, 0.15) is 22.7 Å². The highest BCUT2D eigenvalue weighted by Crippen LogP contribution is 2.31. The molecule has 0 atom stereocenters. The lowest BCUT2D eigenvalue weighted by atomic mass is 10.1. The van der Waals surface area contributed by atoms with Crippen LogP contribution in [0.15, 0.2) is 83.3 Å². The second kappa shape index (κ2) is 8.98. The summed E-state index contributed by atoms with van der Waals surface area (Å²) in [7, 11) is 0. The van der Waals surface area contributed by atoms with Crippen LogP contribution in [0.3, 0.4) is 0 Å². The van der Waals surface area contributed by atoms with Crippen LogP contribution in [0.1, 0.15) is 30.0 Å². The maximum Gasteiger partial charge on any atom is 0.424 e. The Morgan fingerprint density at radius 3 is 2.03 bits per heavy atom. The Labute approximate surface area is 186 Å². The molecule has 4 rings (SSSR count). The van der Waals surface area contributed by atoms with E-state index >= 15 is 0 Å². The van der Waals surface area contributed by atoms with E-state index in [9.17, 15) is 9.59 Å². The molecule has 6 heteroatoms. The molecule has 0 unspecified atom stereocenters. The van der Waals surface area contributed by atoms with Crippen molar-refractivity contribution >= 4 is 34.4 Å². The maximum absolute atomic E-state index is 13.2. The van der Waals surface area contributed by atoms with Crippen LogP contribution >= 0.6 is 0 Å². The fraction of sp³-hybridized carbons (Fsp3) is 0.154. The van der Waals surface area contributed by atoms with E-state index in [1.807, 2.05) is 60.7 Å². The first-order valence-corrected chi connectivity index (χ1v) is 10.3. The lowest BCUT2D eigenvalue weighted by Crippen LogP contribution is -2.29. The second-order valence-corrected chi connectivity index (χ2v) is 7.52. The van der Waals surface area contributed by atoms with Gasteiger partial charge in [-0.1, -0.05) is 36.4 Å². The van der Waals surface area contributed by atoms with E-state index in [0.29, 0.717) is 39.4 Å². The monoisotopic (exact) mass is 429 g/mol. The van der Waals surface area contributed by atoms with Gasteiger partial charge < -0.3 is 13.9 Å². The molecule has 3 aromatic carbocycles. The van der Waals surface area contributed by atoms with Crippen LogP contribution in [-0.4, -0.2) is 18.2 Å². The summed E-state index contributed by atoms with van der Waals surface area (Å²) in [5.41, 5.74) is 2.19. The van der Waals surface area contributed by atoms with E-state index in [1.54, 1.807) is 39.0 Å². The lowest BCUT2D eigenvalue weighted by molar-refractivity contribution is 0.0378. The predicted octanol–water partition coefficient (Wildman–Crippen LogP) is 6.64. The molecule has 0 fully saturated rings. The Hall–Kier alpha value is -4.06. The van der Waals surface area contributed by atoms with Gasteiger partial charge in [-0.05, 0) is 63.2 Å². The molecule has 0 bridgehead atoms.